The number of carbonyl (C=O) groups is 2. The van der Waals surface area contributed by atoms with Gasteiger partial charge in [0.15, 0.2) is 0 Å². The van der Waals surface area contributed by atoms with Crippen LogP contribution in [0.15, 0.2) is 72.8 Å². The van der Waals surface area contributed by atoms with Crippen LogP contribution in [0.4, 0.5) is 18.9 Å². The van der Waals surface area contributed by atoms with E-state index in [1.165, 1.54) is 36.4 Å². The molecule has 0 heterocycles. The van der Waals surface area contributed by atoms with Gasteiger partial charge in [0.25, 0.3) is 5.91 Å². The van der Waals surface area contributed by atoms with E-state index in [0.29, 0.717) is 5.56 Å². The molecular formula is C21H15F3N2O2. The van der Waals surface area contributed by atoms with E-state index in [9.17, 15) is 22.8 Å². The van der Waals surface area contributed by atoms with Gasteiger partial charge in [0.2, 0.25) is 5.91 Å². The number of nitrogens with two attached hydrogens (primary N) is 1. The van der Waals surface area contributed by atoms with E-state index in [1.807, 2.05) is 0 Å². The highest BCUT2D eigenvalue weighted by Gasteiger charge is 2.34. The highest BCUT2D eigenvalue weighted by Crippen LogP contribution is 2.38. The van der Waals surface area contributed by atoms with Crippen LogP contribution in [0.2, 0.25) is 0 Å². The van der Waals surface area contributed by atoms with Crippen molar-refractivity contribution >= 4 is 17.5 Å². The first-order valence-electron chi connectivity index (χ1n) is 8.23. The first kappa shape index (κ1) is 19.2. The van der Waals surface area contributed by atoms with E-state index >= 15 is 0 Å². The Hall–Kier alpha value is -3.61. The monoisotopic (exact) mass is 384 g/mol. The number of anilines is 1. The lowest BCUT2D eigenvalue weighted by atomic mass is 9.98. The Kier molecular flexibility index (Phi) is 5.17. The molecule has 0 aliphatic heterocycles. The Balaban J connectivity index is 1.90. The molecule has 0 aromatic heterocycles. The zero-order chi connectivity index (χ0) is 20.3. The molecule has 3 N–H and O–H groups in total. The van der Waals surface area contributed by atoms with E-state index in [0.717, 1.165) is 6.07 Å². The molecule has 0 radical (unpaired) electrons. The van der Waals surface area contributed by atoms with Crippen molar-refractivity contribution in [2.75, 3.05) is 5.32 Å². The van der Waals surface area contributed by atoms with Gasteiger partial charge in [-0.05, 0) is 47.5 Å². The van der Waals surface area contributed by atoms with Crippen LogP contribution in [0.25, 0.3) is 11.1 Å². The van der Waals surface area contributed by atoms with Gasteiger partial charge in [0.05, 0.1) is 5.56 Å². The zero-order valence-corrected chi connectivity index (χ0v) is 14.5. The predicted molar refractivity (Wildman–Crippen MR) is 99.8 cm³/mol. The Morgan fingerprint density at radius 2 is 1.43 bits per heavy atom. The number of alkyl halides is 3. The van der Waals surface area contributed by atoms with Crippen molar-refractivity contribution < 1.29 is 22.8 Å². The molecular weight excluding hydrogens is 369 g/mol. The van der Waals surface area contributed by atoms with Crippen LogP contribution >= 0.6 is 0 Å². The maximum Gasteiger partial charge on any atom is 0.417 e. The summed E-state index contributed by atoms with van der Waals surface area (Å²) >= 11 is 0. The van der Waals surface area contributed by atoms with E-state index in [4.69, 9.17) is 5.73 Å². The van der Waals surface area contributed by atoms with Crippen LogP contribution in [0.5, 0.6) is 0 Å². The summed E-state index contributed by atoms with van der Waals surface area (Å²) < 4.78 is 40.6. The molecule has 7 heteroatoms. The van der Waals surface area contributed by atoms with Crippen molar-refractivity contribution in [3.63, 3.8) is 0 Å². The van der Waals surface area contributed by atoms with E-state index < -0.39 is 23.6 Å². The van der Waals surface area contributed by atoms with Crippen molar-refractivity contribution in [2.45, 2.75) is 6.18 Å². The molecule has 0 unspecified atom stereocenters. The van der Waals surface area contributed by atoms with Crippen molar-refractivity contribution in [3.8, 4) is 11.1 Å². The number of hydrogen-bond donors (Lipinski definition) is 2. The SMILES string of the molecule is NC(=O)c1ccc(C(=O)Nc2ccc(-c3ccccc3)c(C(F)(F)F)c2)cc1. The normalized spacial score (nSPS) is 11.1. The fourth-order valence-corrected chi connectivity index (χ4v) is 2.72. The van der Waals surface area contributed by atoms with Gasteiger partial charge < -0.3 is 11.1 Å². The van der Waals surface area contributed by atoms with Crippen molar-refractivity contribution in [3.05, 3.63) is 89.5 Å². The summed E-state index contributed by atoms with van der Waals surface area (Å²) in [4.78, 5) is 23.4. The number of carbonyl (C=O) groups excluding carboxylic acids is 2. The van der Waals surface area contributed by atoms with Gasteiger partial charge in [-0.15, -0.1) is 0 Å². The molecule has 4 nitrogen and oxygen atoms in total. The lowest BCUT2D eigenvalue weighted by Crippen LogP contribution is -2.15. The Morgan fingerprint density at radius 3 is 2.00 bits per heavy atom. The van der Waals surface area contributed by atoms with Gasteiger partial charge in [-0.25, -0.2) is 0 Å². The van der Waals surface area contributed by atoms with E-state index in [1.54, 1.807) is 30.3 Å². The van der Waals surface area contributed by atoms with Gasteiger partial charge in [-0.2, -0.15) is 13.2 Å². The number of halogens is 3. The number of primary amides is 1. The number of hydrogen-bond acceptors (Lipinski definition) is 2. The number of amides is 2. The third-order valence-corrected chi connectivity index (χ3v) is 4.10. The highest BCUT2D eigenvalue weighted by atomic mass is 19.4. The van der Waals surface area contributed by atoms with Crippen LogP contribution < -0.4 is 11.1 Å². The molecule has 3 aromatic carbocycles. The predicted octanol–water partition coefficient (Wildman–Crippen LogP) is 4.72. The van der Waals surface area contributed by atoms with Crippen molar-refractivity contribution in [2.24, 2.45) is 5.73 Å². The van der Waals surface area contributed by atoms with Crippen LogP contribution in [0.1, 0.15) is 26.3 Å². The summed E-state index contributed by atoms with van der Waals surface area (Å²) in [7, 11) is 0. The van der Waals surface area contributed by atoms with E-state index in [-0.39, 0.29) is 22.4 Å². The zero-order valence-electron chi connectivity index (χ0n) is 14.5. The maximum absolute atomic E-state index is 13.5. The first-order valence-corrected chi connectivity index (χ1v) is 8.23. The van der Waals surface area contributed by atoms with Crippen LogP contribution in [0.3, 0.4) is 0 Å². The molecule has 0 spiro atoms. The second kappa shape index (κ2) is 7.56. The summed E-state index contributed by atoms with van der Waals surface area (Å²) in [5.41, 5.74) is 5.16. The smallest absolute Gasteiger partial charge is 0.366 e. The summed E-state index contributed by atoms with van der Waals surface area (Å²) in [6.45, 7) is 0. The van der Waals surface area contributed by atoms with Crippen molar-refractivity contribution in [1.82, 2.24) is 0 Å². The highest BCUT2D eigenvalue weighted by molar-refractivity contribution is 6.05. The minimum atomic E-state index is -4.59. The largest absolute Gasteiger partial charge is 0.417 e. The molecule has 28 heavy (non-hydrogen) atoms. The lowest BCUT2D eigenvalue weighted by molar-refractivity contribution is -0.137. The molecule has 0 saturated carbocycles. The summed E-state index contributed by atoms with van der Waals surface area (Å²) in [5, 5.41) is 2.44. The average Bonchev–Trinajstić information content (AvgIpc) is 2.68. The third kappa shape index (κ3) is 4.20. The molecule has 0 atom stereocenters. The van der Waals surface area contributed by atoms with Crippen LogP contribution in [0, 0.1) is 0 Å². The Bertz CT molecular complexity index is 1010. The fraction of sp³-hybridized carbons (Fsp3) is 0.0476. The topological polar surface area (TPSA) is 72.2 Å². The quantitative estimate of drug-likeness (QED) is 0.683. The summed E-state index contributed by atoms with van der Waals surface area (Å²) in [6, 6.07) is 17.3. The van der Waals surface area contributed by atoms with Gasteiger partial charge in [-0.1, -0.05) is 36.4 Å². The number of rotatable bonds is 4. The first-order chi connectivity index (χ1) is 13.3. The molecule has 2 amide bonds. The minimum absolute atomic E-state index is 0.0102. The number of nitrogens with one attached hydrogen (secondary N) is 1. The molecule has 3 aromatic rings. The third-order valence-electron chi connectivity index (χ3n) is 4.10. The van der Waals surface area contributed by atoms with Gasteiger partial charge in [-0.3, -0.25) is 9.59 Å². The van der Waals surface area contributed by atoms with Crippen molar-refractivity contribution in [1.29, 1.82) is 0 Å². The molecule has 0 aliphatic carbocycles. The second-order valence-electron chi connectivity index (χ2n) is 6.02. The van der Waals surface area contributed by atoms with E-state index in [2.05, 4.69) is 5.32 Å². The molecule has 3 rings (SSSR count). The Morgan fingerprint density at radius 1 is 0.821 bits per heavy atom. The second-order valence-corrected chi connectivity index (χ2v) is 6.02. The standard InChI is InChI=1S/C21H15F3N2O2/c22-21(23,24)18-12-16(10-11-17(18)13-4-2-1-3-5-13)26-20(28)15-8-6-14(7-9-15)19(25)27/h1-12H,(H2,25,27)(H,26,28). The summed E-state index contributed by atoms with van der Waals surface area (Å²) in [6.07, 6.45) is -4.59. The van der Waals surface area contributed by atoms with Crippen LogP contribution in [-0.4, -0.2) is 11.8 Å². The van der Waals surface area contributed by atoms with Crippen LogP contribution in [-0.2, 0) is 6.18 Å². The maximum atomic E-state index is 13.5. The molecule has 0 aliphatic rings. The Labute approximate surface area is 158 Å². The molecule has 0 bridgehead atoms. The van der Waals surface area contributed by atoms with Gasteiger partial charge >= 0.3 is 6.18 Å². The van der Waals surface area contributed by atoms with Gasteiger partial charge in [0.1, 0.15) is 0 Å². The lowest BCUT2D eigenvalue weighted by Gasteiger charge is -2.15. The fourth-order valence-electron chi connectivity index (χ4n) is 2.72. The molecule has 0 fully saturated rings. The average molecular weight is 384 g/mol. The summed E-state index contributed by atoms with van der Waals surface area (Å²) in [5.74, 6) is -1.24. The number of benzene rings is 3. The minimum Gasteiger partial charge on any atom is -0.366 e. The van der Waals surface area contributed by atoms with Gasteiger partial charge in [0, 0.05) is 16.8 Å². The molecule has 0 saturated heterocycles. The molecule has 142 valence electrons.